The number of carbonyl (C=O) groups excluding carboxylic acids is 1. The van der Waals surface area contributed by atoms with Gasteiger partial charge in [0.1, 0.15) is 0 Å². The van der Waals surface area contributed by atoms with Crippen LogP contribution < -0.4 is 21.3 Å². The fourth-order valence-corrected chi connectivity index (χ4v) is 3.98. The first kappa shape index (κ1) is 22.7. The van der Waals surface area contributed by atoms with E-state index < -0.39 is 32.2 Å². The molecule has 1 heterocycles. The van der Waals surface area contributed by atoms with Crippen LogP contribution in [-0.2, 0) is 17.1 Å². The summed E-state index contributed by atoms with van der Waals surface area (Å²) in [6, 6.07) is 2.38. The fourth-order valence-electron chi connectivity index (χ4n) is 2.75. The number of hydrogen-bond acceptors (Lipinski definition) is 5. The van der Waals surface area contributed by atoms with Crippen molar-refractivity contribution in [3.8, 4) is 0 Å². The van der Waals surface area contributed by atoms with Crippen molar-refractivity contribution in [2.24, 2.45) is 7.05 Å². The highest BCUT2D eigenvalue weighted by atomic mass is 35.5. The summed E-state index contributed by atoms with van der Waals surface area (Å²) in [5, 5.41) is 3.08. The zero-order valence-corrected chi connectivity index (χ0v) is 18.2. The van der Waals surface area contributed by atoms with Gasteiger partial charge in [-0.3, -0.25) is 9.78 Å². The van der Waals surface area contributed by atoms with Gasteiger partial charge in [-0.05, 0) is 35.1 Å². The molecular weight excluding hydrogens is 420 g/mol. The number of hydrogen-bond donors (Lipinski definition) is 3. The molecule has 1 aromatic heterocycles. The van der Waals surface area contributed by atoms with Gasteiger partial charge in [0.05, 0.1) is 0 Å². The molecule has 0 radical (unpaired) electrons. The van der Waals surface area contributed by atoms with Crippen LogP contribution in [0.4, 0.5) is 10.5 Å². The predicted molar refractivity (Wildman–Crippen MR) is 111 cm³/mol. The van der Waals surface area contributed by atoms with Crippen molar-refractivity contribution in [2.75, 3.05) is 5.32 Å². The Morgan fingerprint density at radius 1 is 1.10 bits per heavy atom. The second kappa shape index (κ2) is 8.42. The lowest BCUT2D eigenvalue weighted by atomic mass is 9.92. The molecule has 0 atom stereocenters. The quantitative estimate of drug-likeness (QED) is 0.654. The van der Waals surface area contributed by atoms with Gasteiger partial charge in [-0.2, -0.15) is 0 Å². The van der Waals surface area contributed by atoms with E-state index in [0.717, 1.165) is 21.9 Å². The van der Waals surface area contributed by atoms with Crippen LogP contribution in [0, 0.1) is 0 Å². The van der Waals surface area contributed by atoms with Crippen LogP contribution in [-0.4, -0.2) is 24.0 Å². The Balaban J connectivity index is 2.42. The minimum Gasteiger partial charge on any atom is -0.307 e. The molecule has 0 saturated heterocycles. The molecule has 0 saturated carbocycles. The molecule has 0 aliphatic carbocycles. The summed E-state index contributed by atoms with van der Waals surface area (Å²) in [6.07, 6.45) is 0.845. The van der Waals surface area contributed by atoms with Crippen LogP contribution >= 0.6 is 11.6 Å². The normalized spacial score (nSPS) is 11.7. The van der Waals surface area contributed by atoms with Gasteiger partial charge in [0.2, 0.25) is 0 Å². The summed E-state index contributed by atoms with van der Waals surface area (Å²) in [7, 11) is -3.24. The average molecular weight is 443 g/mol. The highest BCUT2D eigenvalue weighted by Gasteiger charge is 2.24. The smallest absolute Gasteiger partial charge is 0.307 e. The molecular formula is C18H23ClN4O5S. The van der Waals surface area contributed by atoms with Gasteiger partial charge in [0.25, 0.3) is 15.6 Å². The Morgan fingerprint density at radius 3 is 2.10 bits per heavy atom. The highest BCUT2D eigenvalue weighted by Crippen LogP contribution is 2.35. The largest absolute Gasteiger partial charge is 0.333 e. The van der Waals surface area contributed by atoms with Gasteiger partial charge >= 0.3 is 11.7 Å². The first-order chi connectivity index (χ1) is 13.3. The lowest BCUT2D eigenvalue weighted by Gasteiger charge is -2.21. The summed E-state index contributed by atoms with van der Waals surface area (Å²) in [5.41, 5.74) is 0.0530. The number of nitrogens with one attached hydrogen (secondary N) is 3. The van der Waals surface area contributed by atoms with Gasteiger partial charge in [0.15, 0.2) is 4.90 Å². The maximum atomic E-state index is 12.5. The third kappa shape index (κ3) is 5.07. The van der Waals surface area contributed by atoms with E-state index in [0.29, 0.717) is 10.7 Å². The number of aromatic amines is 1. The van der Waals surface area contributed by atoms with E-state index >= 15 is 0 Å². The number of halogens is 1. The standard InChI is InChI=1S/C18H23ClN4O5S/c1-9(2)12-6-11(19)7-13(10(3)4)15(12)20-17(25)22-29(27,28)14-8-23(5)18(26)21-16(14)24/h6-10H,1-5H3,(H2,20,22,25)(H,21,24,26). The lowest BCUT2D eigenvalue weighted by Crippen LogP contribution is -2.40. The van der Waals surface area contributed by atoms with Crippen LogP contribution in [0.25, 0.3) is 0 Å². The van der Waals surface area contributed by atoms with Crippen molar-refractivity contribution in [1.82, 2.24) is 14.3 Å². The zero-order chi connectivity index (χ0) is 22.1. The summed E-state index contributed by atoms with van der Waals surface area (Å²) in [6.45, 7) is 7.67. The number of benzene rings is 1. The third-order valence-corrected chi connectivity index (χ3v) is 5.78. The van der Waals surface area contributed by atoms with E-state index in [1.807, 2.05) is 37.4 Å². The minimum absolute atomic E-state index is 0.00426. The van der Waals surface area contributed by atoms with E-state index in [4.69, 9.17) is 11.6 Å². The molecule has 2 rings (SSSR count). The number of nitrogens with zero attached hydrogens (tertiary/aromatic N) is 1. The number of rotatable bonds is 5. The molecule has 29 heavy (non-hydrogen) atoms. The van der Waals surface area contributed by atoms with Gasteiger partial charge in [0, 0.05) is 24.0 Å². The number of aromatic nitrogens is 2. The summed E-state index contributed by atoms with van der Waals surface area (Å²) in [4.78, 5) is 36.9. The molecule has 9 nitrogen and oxygen atoms in total. The Morgan fingerprint density at radius 2 is 1.62 bits per heavy atom. The second-order valence-corrected chi connectivity index (χ2v) is 9.28. The topological polar surface area (TPSA) is 130 Å². The summed E-state index contributed by atoms with van der Waals surface area (Å²) < 4.78 is 27.7. The van der Waals surface area contributed by atoms with Crippen molar-refractivity contribution in [3.63, 3.8) is 0 Å². The van der Waals surface area contributed by atoms with Gasteiger partial charge < -0.3 is 9.88 Å². The Hall–Kier alpha value is -2.59. The maximum Gasteiger partial charge on any atom is 0.333 e. The van der Waals surface area contributed by atoms with Crippen LogP contribution in [0.1, 0.15) is 50.7 Å². The molecule has 0 spiro atoms. The minimum atomic E-state index is -4.52. The predicted octanol–water partition coefficient (Wildman–Crippen LogP) is 2.48. The average Bonchev–Trinajstić information content (AvgIpc) is 2.58. The van der Waals surface area contributed by atoms with Crippen molar-refractivity contribution in [1.29, 1.82) is 0 Å². The molecule has 0 fully saturated rings. The second-order valence-electron chi connectivity index (χ2n) is 7.19. The molecule has 0 aliphatic rings. The van der Waals surface area contributed by atoms with E-state index in [1.54, 1.807) is 12.1 Å². The zero-order valence-electron chi connectivity index (χ0n) is 16.7. The first-order valence-electron chi connectivity index (χ1n) is 8.80. The maximum absolute atomic E-state index is 12.5. The third-order valence-electron chi connectivity index (χ3n) is 4.24. The first-order valence-corrected chi connectivity index (χ1v) is 10.7. The Bertz CT molecular complexity index is 1140. The molecule has 0 unspecified atom stereocenters. The summed E-state index contributed by atoms with van der Waals surface area (Å²) >= 11 is 6.19. The Labute approximate surface area is 173 Å². The SMILES string of the molecule is CC(C)c1cc(Cl)cc(C(C)C)c1NC(=O)NS(=O)(=O)c1cn(C)c(=O)[nH]c1=O. The number of amides is 2. The van der Waals surface area contributed by atoms with Crippen LogP contribution in [0.5, 0.6) is 0 Å². The molecule has 3 N–H and O–H groups in total. The summed E-state index contributed by atoms with van der Waals surface area (Å²) in [5.74, 6) is 0.00852. The van der Waals surface area contributed by atoms with Crippen LogP contribution in [0.15, 0.2) is 32.8 Å². The highest BCUT2D eigenvalue weighted by molar-refractivity contribution is 7.90. The molecule has 2 amide bonds. The number of H-pyrrole nitrogens is 1. The molecule has 0 aliphatic heterocycles. The number of anilines is 1. The monoisotopic (exact) mass is 442 g/mol. The van der Waals surface area contributed by atoms with Gasteiger partial charge in [-0.25, -0.2) is 22.7 Å². The molecule has 1 aromatic carbocycles. The number of urea groups is 1. The van der Waals surface area contributed by atoms with Crippen molar-refractivity contribution >= 4 is 33.3 Å². The Kier molecular flexibility index (Phi) is 6.59. The van der Waals surface area contributed by atoms with Crippen molar-refractivity contribution in [3.05, 3.63) is 55.3 Å². The lowest BCUT2D eigenvalue weighted by molar-refractivity contribution is 0.256. The fraction of sp³-hybridized carbons (Fsp3) is 0.389. The van der Waals surface area contributed by atoms with Crippen molar-refractivity contribution in [2.45, 2.75) is 44.4 Å². The van der Waals surface area contributed by atoms with Gasteiger partial charge in [-0.1, -0.05) is 39.3 Å². The number of carbonyl (C=O) groups is 1. The molecule has 158 valence electrons. The number of aryl methyl sites for hydroxylation is 1. The molecule has 0 bridgehead atoms. The van der Waals surface area contributed by atoms with E-state index in [9.17, 15) is 22.8 Å². The number of sulfonamides is 1. The van der Waals surface area contributed by atoms with E-state index in [2.05, 4.69) is 5.32 Å². The molecule has 11 heteroatoms. The van der Waals surface area contributed by atoms with Crippen LogP contribution in [0.2, 0.25) is 5.02 Å². The van der Waals surface area contributed by atoms with Crippen LogP contribution in [0.3, 0.4) is 0 Å². The van der Waals surface area contributed by atoms with E-state index in [1.165, 1.54) is 7.05 Å². The van der Waals surface area contributed by atoms with Crippen molar-refractivity contribution < 1.29 is 13.2 Å². The van der Waals surface area contributed by atoms with E-state index in [-0.39, 0.29) is 11.8 Å². The molecule has 2 aromatic rings. The van der Waals surface area contributed by atoms with Gasteiger partial charge in [-0.15, -0.1) is 0 Å².